The van der Waals surface area contributed by atoms with Crippen LogP contribution in [0.2, 0.25) is 0 Å². The molecule has 0 aromatic heterocycles. The van der Waals surface area contributed by atoms with Crippen LogP contribution in [0.25, 0.3) is 0 Å². The Kier molecular flexibility index (Phi) is 6.13. The van der Waals surface area contributed by atoms with Gasteiger partial charge in [-0.2, -0.15) is 0 Å². The Morgan fingerprint density at radius 3 is 2.52 bits per heavy atom. The fourth-order valence-corrected chi connectivity index (χ4v) is 4.52. The molecule has 138 valence electrons. The third kappa shape index (κ3) is 4.06. The van der Waals surface area contributed by atoms with E-state index in [1.54, 1.807) is 0 Å². The topological polar surface area (TPSA) is 43.8 Å². The van der Waals surface area contributed by atoms with Crippen LogP contribution >= 0.6 is 0 Å². The largest absolute Gasteiger partial charge is 0.387 e. The summed E-state index contributed by atoms with van der Waals surface area (Å²) in [6.45, 7) is 7.80. The van der Waals surface area contributed by atoms with Gasteiger partial charge < -0.3 is 10.0 Å². The minimum absolute atomic E-state index is 0.232. The molecule has 1 aromatic rings. The van der Waals surface area contributed by atoms with Crippen molar-refractivity contribution in [1.82, 2.24) is 9.80 Å². The SMILES string of the molecule is CCN(CC)C(=O)CCC1CCN([C@H]2Cc3ccccc3[C@@H]2O)CC1. The highest BCUT2D eigenvalue weighted by atomic mass is 16.3. The summed E-state index contributed by atoms with van der Waals surface area (Å²) in [4.78, 5) is 16.6. The van der Waals surface area contributed by atoms with E-state index in [1.807, 2.05) is 24.8 Å². The number of carbonyl (C=O) groups is 1. The zero-order valence-electron chi connectivity index (χ0n) is 15.7. The molecule has 2 aliphatic rings. The lowest BCUT2D eigenvalue weighted by molar-refractivity contribution is -0.131. The van der Waals surface area contributed by atoms with E-state index in [1.165, 1.54) is 5.56 Å². The van der Waals surface area contributed by atoms with Gasteiger partial charge in [-0.25, -0.2) is 0 Å². The van der Waals surface area contributed by atoms with E-state index in [4.69, 9.17) is 0 Å². The Morgan fingerprint density at radius 1 is 1.20 bits per heavy atom. The third-order valence-corrected chi connectivity index (χ3v) is 6.17. The maximum absolute atomic E-state index is 12.2. The quantitative estimate of drug-likeness (QED) is 0.863. The van der Waals surface area contributed by atoms with Crippen molar-refractivity contribution in [1.29, 1.82) is 0 Å². The van der Waals surface area contributed by atoms with Crippen molar-refractivity contribution < 1.29 is 9.90 Å². The van der Waals surface area contributed by atoms with Crippen LogP contribution in [0.4, 0.5) is 0 Å². The molecule has 0 spiro atoms. The van der Waals surface area contributed by atoms with Crippen molar-refractivity contribution in [2.45, 2.75) is 58.1 Å². The van der Waals surface area contributed by atoms with Crippen LogP contribution in [0.15, 0.2) is 24.3 Å². The molecule has 0 unspecified atom stereocenters. The molecule has 2 atom stereocenters. The first-order chi connectivity index (χ1) is 12.1. The summed E-state index contributed by atoms with van der Waals surface area (Å²) < 4.78 is 0. The van der Waals surface area contributed by atoms with E-state index in [9.17, 15) is 9.90 Å². The molecule has 3 rings (SSSR count). The van der Waals surface area contributed by atoms with Crippen molar-refractivity contribution in [2.24, 2.45) is 5.92 Å². The number of nitrogens with zero attached hydrogens (tertiary/aromatic N) is 2. The highest BCUT2D eigenvalue weighted by molar-refractivity contribution is 5.76. The Balaban J connectivity index is 1.46. The average molecular weight is 344 g/mol. The van der Waals surface area contributed by atoms with Crippen molar-refractivity contribution in [3.05, 3.63) is 35.4 Å². The number of aliphatic hydroxyl groups excluding tert-OH is 1. The zero-order valence-corrected chi connectivity index (χ0v) is 15.7. The molecule has 0 radical (unpaired) electrons. The van der Waals surface area contributed by atoms with Gasteiger partial charge in [-0.1, -0.05) is 24.3 Å². The summed E-state index contributed by atoms with van der Waals surface area (Å²) >= 11 is 0. The molecule has 1 aliphatic heterocycles. The lowest BCUT2D eigenvalue weighted by Gasteiger charge is -2.37. The minimum Gasteiger partial charge on any atom is -0.387 e. The summed E-state index contributed by atoms with van der Waals surface area (Å²) in [5.41, 5.74) is 2.41. The van der Waals surface area contributed by atoms with Gasteiger partial charge in [0, 0.05) is 25.6 Å². The summed E-state index contributed by atoms with van der Waals surface area (Å²) in [6.07, 6.45) is 4.59. The summed E-state index contributed by atoms with van der Waals surface area (Å²) in [7, 11) is 0. The van der Waals surface area contributed by atoms with Crippen molar-refractivity contribution in [3.8, 4) is 0 Å². The van der Waals surface area contributed by atoms with Gasteiger partial charge in [0.05, 0.1) is 6.10 Å². The van der Waals surface area contributed by atoms with E-state index in [-0.39, 0.29) is 12.1 Å². The number of likely N-dealkylation sites (tertiary alicyclic amines) is 1. The van der Waals surface area contributed by atoms with Gasteiger partial charge >= 0.3 is 0 Å². The molecule has 4 nitrogen and oxygen atoms in total. The van der Waals surface area contributed by atoms with Crippen molar-refractivity contribution in [2.75, 3.05) is 26.2 Å². The highest BCUT2D eigenvalue weighted by Crippen LogP contribution is 2.36. The molecule has 1 saturated heterocycles. The fraction of sp³-hybridized carbons (Fsp3) is 0.667. The first kappa shape index (κ1) is 18.4. The molecule has 1 fully saturated rings. The molecular weight excluding hydrogens is 312 g/mol. The second-order valence-corrected chi connectivity index (χ2v) is 7.50. The molecule has 0 saturated carbocycles. The van der Waals surface area contributed by atoms with Crippen LogP contribution in [0, 0.1) is 5.92 Å². The molecule has 0 bridgehead atoms. The highest BCUT2D eigenvalue weighted by Gasteiger charge is 2.36. The van der Waals surface area contributed by atoms with Gasteiger partial charge in [-0.3, -0.25) is 9.69 Å². The number of hydrogen-bond donors (Lipinski definition) is 1. The van der Waals surface area contributed by atoms with Crippen LogP contribution in [-0.4, -0.2) is 53.0 Å². The number of rotatable bonds is 6. The van der Waals surface area contributed by atoms with Crippen LogP contribution in [0.5, 0.6) is 0 Å². The van der Waals surface area contributed by atoms with Crippen LogP contribution in [0.3, 0.4) is 0 Å². The predicted molar refractivity (Wildman–Crippen MR) is 100 cm³/mol. The zero-order chi connectivity index (χ0) is 17.8. The second-order valence-electron chi connectivity index (χ2n) is 7.50. The number of amides is 1. The number of benzene rings is 1. The number of hydrogen-bond acceptors (Lipinski definition) is 3. The molecule has 4 heteroatoms. The predicted octanol–water partition coefficient (Wildman–Crippen LogP) is 3.01. The Morgan fingerprint density at radius 2 is 1.88 bits per heavy atom. The lowest BCUT2D eigenvalue weighted by atomic mass is 9.90. The van der Waals surface area contributed by atoms with E-state index in [2.05, 4.69) is 23.1 Å². The van der Waals surface area contributed by atoms with Gasteiger partial charge in [0.25, 0.3) is 0 Å². The van der Waals surface area contributed by atoms with Crippen molar-refractivity contribution in [3.63, 3.8) is 0 Å². The van der Waals surface area contributed by atoms with Crippen LogP contribution in [-0.2, 0) is 11.2 Å². The normalized spacial score (nSPS) is 24.3. The van der Waals surface area contributed by atoms with Crippen LogP contribution < -0.4 is 0 Å². The van der Waals surface area contributed by atoms with E-state index in [0.29, 0.717) is 18.2 Å². The number of piperidine rings is 1. The number of fused-ring (bicyclic) bond motifs is 1. The molecule has 1 aliphatic carbocycles. The fourth-order valence-electron chi connectivity index (χ4n) is 4.52. The summed E-state index contributed by atoms with van der Waals surface area (Å²) in [6, 6.07) is 8.52. The summed E-state index contributed by atoms with van der Waals surface area (Å²) in [5.74, 6) is 0.950. The van der Waals surface area contributed by atoms with Crippen LogP contribution in [0.1, 0.15) is 56.8 Å². The van der Waals surface area contributed by atoms with Crippen molar-refractivity contribution >= 4 is 5.91 Å². The smallest absolute Gasteiger partial charge is 0.222 e. The lowest BCUT2D eigenvalue weighted by Crippen LogP contribution is -2.43. The molecule has 1 heterocycles. The summed E-state index contributed by atoms with van der Waals surface area (Å²) in [5, 5.41) is 10.7. The van der Waals surface area contributed by atoms with Gasteiger partial charge in [0.2, 0.25) is 5.91 Å². The monoisotopic (exact) mass is 344 g/mol. The third-order valence-electron chi connectivity index (χ3n) is 6.17. The maximum atomic E-state index is 12.2. The van der Waals surface area contributed by atoms with E-state index in [0.717, 1.165) is 57.4 Å². The maximum Gasteiger partial charge on any atom is 0.222 e. The second kappa shape index (κ2) is 8.33. The number of aliphatic hydroxyl groups is 1. The molecule has 1 aromatic carbocycles. The first-order valence-electron chi connectivity index (χ1n) is 9.91. The Hall–Kier alpha value is -1.39. The molecular formula is C21H32N2O2. The molecule has 1 amide bonds. The minimum atomic E-state index is -0.350. The van der Waals surface area contributed by atoms with Gasteiger partial charge in [-0.05, 0) is 69.7 Å². The van der Waals surface area contributed by atoms with Gasteiger partial charge in [0.1, 0.15) is 0 Å². The van der Waals surface area contributed by atoms with Gasteiger partial charge in [0.15, 0.2) is 0 Å². The number of carbonyl (C=O) groups excluding carboxylic acids is 1. The van der Waals surface area contributed by atoms with E-state index < -0.39 is 0 Å². The molecule has 1 N–H and O–H groups in total. The standard InChI is InChI=1S/C21H32N2O2/c1-3-22(4-2)20(24)10-9-16-11-13-23(14-12-16)19-15-17-7-5-6-8-18(17)21(19)25/h5-8,16,19,21,25H,3-4,9-15H2,1-2H3/t19-,21-/m0/s1. The first-order valence-corrected chi connectivity index (χ1v) is 9.91. The Bertz CT molecular complexity index is 577. The Labute approximate surface area is 151 Å². The average Bonchev–Trinajstić information content (AvgIpc) is 2.98. The van der Waals surface area contributed by atoms with Gasteiger partial charge in [-0.15, -0.1) is 0 Å². The van der Waals surface area contributed by atoms with E-state index >= 15 is 0 Å². The molecule has 25 heavy (non-hydrogen) atoms.